The summed E-state index contributed by atoms with van der Waals surface area (Å²) >= 11 is 5.97. The van der Waals surface area contributed by atoms with Crippen molar-refractivity contribution in [2.75, 3.05) is 13.2 Å². The van der Waals surface area contributed by atoms with Gasteiger partial charge in [0.05, 0.1) is 6.54 Å². The number of benzene rings is 2. The third-order valence-electron chi connectivity index (χ3n) is 5.51. The Labute approximate surface area is 175 Å². The first-order valence-corrected chi connectivity index (χ1v) is 10.0. The molecule has 0 saturated carbocycles. The second-order valence-corrected chi connectivity index (χ2v) is 7.89. The van der Waals surface area contributed by atoms with Crippen LogP contribution < -0.4 is 4.74 Å². The number of carbonyl (C=O) groups excluding carboxylic acids is 1. The Morgan fingerprint density at radius 1 is 1.14 bits per heavy atom. The molecule has 150 valence electrons. The van der Waals surface area contributed by atoms with Gasteiger partial charge in [0.2, 0.25) is 0 Å². The highest BCUT2D eigenvalue weighted by Gasteiger charge is 2.27. The van der Waals surface area contributed by atoms with Gasteiger partial charge in [-0.2, -0.15) is 0 Å². The van der Waals surface area contributed by atoms with Crippen LogP contribution in [-0.2, 0) is 17.8 Å². The molecule has 0 bridgehead atoms. The Morgan fingerprint density at radius 3 is 2.62 bits per heavy atom. The quantitative estimate of drug-likeness (QED) is 0.614. The van der Waals surface area contributed by atoms with Crippen molar-refractivity contribution in [1.29, 1.82) is 0 Å². The van der Waals surface area contributed by atoms with Crippen LogP contribution in [0.25, 0.3) is 11.3 Å². The molecule has 5 nitrogen and oxygen atoms in total. The molecule has 0 radical (unpaired) electrons. The van der Waals surface area contributed by atoms with Crippen molar-refractivity contribution < 1.29 is 14.1 Å². The van der Waals surface area contributed by atoms with Gasteiger partial charge < -0.3 is 14.2 Å². The lowest BCUT2D eigenvalue weighted by atomic mass is 10.0. The molecule has 1 amide bonds. The second kappa shape index (κ2) is 7.91. The lowest BCUT2D eigenvalue weighted by molar-refractivity contribution is -0.134. The van der Waals surface area contributed by atoms with Crippen molar-refractivity contribution in [3.8, 4) is 17.1 Å². The van der Waals surface area contributed by atoms with Crippen molar-refractivity contribution in [2.24, 2.45) is 0 Å². The zero-order valence-electron chi connectivity index (χ0n) is 16.8. The minimum Gasteiger partial charge on any atom is -0.483 e. The van der Waals surface area contributed by atoms with Crippen molar-refractivity contribution in [2.45, 2.75) is 33.7 Å². The van der Waals surface area contributed by atoms with Crippen LogP contribution in [0.4, 0.5) is 0 Å². The average Bonchev–Trinajstić information content (AvgIpc) is 3.14. The molecule has 0 atom stereocenters. The first kappa shape index (κ1) is 19.5. The summed E-state index contributed by atoms with van der Waals surface area (Å²) in [6, 6.07) is 11.6. The SMILES string of the molecule is Cc1ccc(C)c(OCC(=O)N2CCc3c(noc3-c3ccc(Cl)cc3)C2)c1C. The fourth-order valence-electron chi connectivity index (χ4n) is 3.64. The standard InChI is InChI=1S/C23H23ClN2O3/c1-14-4-5-15(2)22(16(14)3)28-13-21(27)26-11-10-19-20(12-26)25-29-23(19)17-6-8-18(24)9-7-17/h4-9H,10-13H2,1-3H3. The predicted octanol–water partition coefficient (Wildman–Crippen LogP) is 4.88. The number of nitrogens with zero attached hydrogens (tertiary/aromatic N) is 2. The predicted molar refractivity (Wildman–Crippen MR) is 112 cm³/mol. The van der Waals surface area contributed by atoms with Gasteiger partial charge in [-0.1, -0.05) is 28.9 Å². The zero-order chi connectivity index (χ0) is 20.5. The molecule has 0 spiro atoms. The summed E-state index contributed by atoms with van der Waals surface area (Å²) in [5.41, 5.74) is 6.06. The molecular weight excluding hydrogens is 388 g/mol. The fraction of sp³-hybridized carbons (Fsp3) is 0.304. The number of hydrogen-bond acceptors (Lipinski definition) is 4. The summed E-state index contributed by atoms with van der Waals surface area (Å²) in [4.78, 5) is 14.5. The van der Waals surface area contributed by atoms with E-state index < -0.39 is 0 Å². The van der Waals surface area contributed by atoms with Crippen LogP contribution in [0, 0.1) is 20.8 Å². The number of ether oxygens (including phenoxy) is 1. The number of rotatable bonds is 4. The maximum Gasteiger partial charge on any atom is 0.260 e. The highest BCUT2D eigenvalue weighted by Crippen LogP contribution is 2.31. The van der Waals surface area contributed by atoms with E-state index in [4.69, 9.17) is 20.9 Å². The summed E-state index contributed by atoms with van der Waals surface area (Å²) in [5.74, 6) is 1.50. The van der Waals surface area contributed by atoms with Gasteiger partial charge >= 0.3 is 0 Å². The Kier molecular flexibility index (Phi) is 5.33. The lowest BCUT2D eigenvalue weighted by Gasteiger charge is -2.26. The van der Waals surface area contributed by atoms with Gasteiger partial charge in [-0.05, 0) is 68.1 Å². The molecule has 1 aliphatic rings. The minimum absolute atomic E-state index is 0.0162. The largest absolute Gasteiger partial charge is 0.483 e. The van der Waals surface area contributed by atoms with Crippen molar-refractivity contribution in [3.05, 3.63) is 69.4 Å². The Balaban J connectivity index is 1.45. The van der Waals surface area contributed by atoms with E-state index in [0.29, 0.717) is 24.5 Å². The Hall–Kier alpha value is -2.79. The van der Waals surface area contributed by atoms with E-state index in [1.807, 2.05) is 51.1 Å². The molecule has 29 heavy (non-hydrogen) atoms. The molecule has 0 aliphatic carbocycles. The lowest BCUT2D eigenvalue weighted by Crippen LogP contribution is -2.39. The molecule has 2 heterocycles. The Bertz CT molecular complexity index is 1060. The number of aryl methyl sites for hydroxylation is 2. The highest BCUT2D eigenvalue weighted by molar-refractivity contribution is 6.30. The number of amides is 1. The molecule has 0 unspecified atom stereocenters. The van der Waals surface area contributed by atoms with E-state index in [1.165, 1.54) is 0 Å². The smallest absolute Gasteiger partial charge is 0.260 e. The van der Waals surface area contributed by atoms with Gasteiger partial charge in [-0.3, -0.25) is 4.79 Å². The van der Waals surface area contributed by atoms with Gasteiger partial charge in [-0.15, -0.1) is 0 Å². The van der Waals surface area contributed by atoms with Crippen LogP contribution >= 0.6 is 11.6 Å². The van der Waals surface area contributed by atoms with E-state index in [9.17, 15) is 4.79 Å². The molecule has 6 heteroatoms. The number of halogens is 1. The zero-order valence-corrected chi connectivity index (χ0v) is 17.5. The third kappa shape index (κ3) is 3.87. The first-order valence-electron chi connectivity index (χ1n) is 9.64. The molecule has 0 saturated heterocycles. The summed E-state index contributed by atoms with van der Waals surface area (Å²) < 4.78 is 11.5. The normalized spacial score (nSPS) is 13.3. The first-order chi connectivity index (χ1) is 13.9. The van der Waals surface area contributed by atoms with Crippen LogP contribution in [0.2, 0.25) is 5.02 Å². The minimum atomic E-state index is -0.0491. The van der Waals surface area contributed by atoms with Crippen LogP contribution in [0.1, 0.15) is 27.9 Å². The van der Waals surface area contributed by atoms with Crippen LogP contribution in [0.3, 0.4) is 0 Å². The van der Waals surface area contributed by atoms with Crippen LogP contribution in [0.5, 0.6) is 5.75 Å². The Morgan fingerprint density at radius 2 is 1.86 bits per heavy atom. The molecule has 1 aromatic heterocycles. The maximum atomic E-state index is 12.7. The number of hydrogen-bond donors (Lipinski definition) is 0. The summed E-state index contributed by atoms with van der Waals surface area (Å²) in [6.07, 6.45) is 0.699. The van der Waals surface area contributed by atoms with E-state index >= 15 is 0 Å². The molecule has 4 rings (SSSR count). The van der Waals surface area contributed by atoms with E-state index in [1.54, 1.807) is 4.90 Å². The van der Waals surface area contributed by atoms with E-state index in [2.05, 4.69) is 11.2 Å². The van der Waals surface area contributed by atoms with Gasteiger partial charge in [0.25, 0.3) is 5.91 Å². The number of aromatic nitrogens is 1. The topological polar surface area (TPSA) is 55.6 Å². The van der Waals surface area contributed by atoms with Crippen molar-refractivity contribution >= 4 is 17.5 Å². The van der Waals surface area contributed by atoms with E-state index in [0.717, 1.165) is 45.0 Å². The van der Waals surface area contributed by atoms with Gasteiger partial charge in [0, 0.05) is 22.7 Å². The van der Waals surface area contributed by atoms with Crippen molar-refractivity contribution in [3.63, 3.8) is 0 Å². The fourth-order valence-corrected chi connectivity index (χ4v) is 3.77. The average molecular weight is 411 g/mol. The summed E-state index contributed by atoms with van der Waals surface area (Å²) in [6.45, 7) is 7.11. The molecule has 2 aromatic carbocycles. The van der Waals surface area contributed by atoms with Gasteiger partial charge in [-0.25, -0.2) is 0 Å². The molecule has 1 aliphatic heterocycles. The summed E-state index contributed by atoms with van der Waals surface area (Å²) in [7, 11) is 0. The van der Waals surface area contributed by atoms with Gasteiger partial charge in [0.15, 0.2) is 12.4 Å². The van der Waals surface area contributed by atoms with E-state index in [-0.39, 0.29) is 12.5 Å². The molecule has 0 N–H and O–H groups in total. The number of carbonyl (C=O) groups is 1. The molecule has 3 aromatic rings. The van der Waals surface area contributed by atoms with Gasteiger partial charge in [0.1, 0.15) is 11.4 Å². The molecule has 0 fully saturated rings. The highest BCUT2D eigenvalue weighted by atomic mass is 35.5. The third-order valence-corrected chi connectivity index (χ3v) is 5.77. The maximum absolute atomic E-state index is 12.7. The van der Waals surface area contributed by atoms with Crippen LogP contribution in [-0.4, -0.2) is 29.1 Å². The van der Waals surface area contributed by atoms with Crippen molar-refractivity contribution in [1.82, 2.24) is 10.1 Å². The monoisotopic (exact) mass is 410 g/mol. The number of fused-ring (bicyclic) bond motifs is 1. The molecular formula is C23H23ClN2O3. The second-order valence-electron chi connectivity index (χ2n) is 7.45. The summed E-state index contributed by atoms with van der Waals surface area (Å²) in [5, 5.41) is 4.88. The van der Waals surface area contributed by atoms with Crippen LogP contribution in [0.15, 0.2) is 40.9 Å².